The first-order chi connectivity index (χ1) is 29.0. The maximum absolute atomic E-state index is 18.4. The van der Waals surface area contributed by atoms with Crippen LogP contribution < -0.4 is 17.5 Å². The van der Waals surface area contributed by atoms with Crippen molar-refractivity contribution >= 4 is 30.9 Å². The monoisotopic (exact) mass is 883 g/mol. The van der Waals surface area contributed by atoms with Crippen LogP contribution in [0.3, 0.4) is 0 Å². The first-order valence-corrected chi connectivity index (χ1v) is 26.5. The molecular formula is C52H74F4N2O2Ti. The van der Waals surface area contributed by atoms with Crippen molar-refractivity contribution in [3.8, 4) is 0 Å². The zero-order chi connectivity index (χ0) is 45.1. The van der Waals surface area contributed by atoms with Gasteiger partial charge in [-0.1, -0.05) is 0 Å². The Hall–Kier alpha value is -3.23. The number of hydrogen-bond acceptors (Lipinski definition) is 2. The molecule has 0 saturated heterocycles. The molecule has 0 aromatic heterocycles. The number of carbonyl (C=O) groups is 2. The third kappa shape index (κ3) is 10.9. The summed E-state index contributed by atoms with van der Waals surface area (Å²) in [7, 11) is 0. The van der Waals surface area contributed by atoms with E-state index in [1.165, 1.54) is 34.1 Å². The van der Waals surface area contributed by atoms with Gasteiger partial charge < -0.3 is 0 Å². The number of halogens is 4. The van der Waals surface area contributed by atoms with E-state index >= 15 is 17.6 Å². The molecule has 0 aliphatic heterocycles. The van der Waals surface area contributed by atoms with E-state index in [-0.39, 0.29) is 68.7 Å². The average molecular weight is 883 g/mol. The van der Waals surface area contributed by atoms with E-state index in [0.29, 0.717) is 20.6 Å². The van der Waals surface area contributed by atoms with Gasteiger partial charge in [-0.15, -0.1) is 0 Å². The van der Waals surface area contributed by atoms with Crippen LogP contribution in [0.25, 0.3) is 0 Å². The van der Waals surface area contributed by atoms with Crippen molar-refractivity contribution in [2.45, 2.75) is 159 Å². The fourth-order valence-electron chi connectivity index (χ4n) is 9.74. The molecule has 0 saturated carbocycles. The Bertz CT molecular complexity index is 1820. The van der Waals surface area contributed by atoms with Gasteiger partial charge in [0.05, 0.1) is 0 Å². The molecule has 9 heteroatoms. The van der Waals surface area contributed by atoms with Gasteiger partial charge in [-0.25, -0.2) is 0 Å². The van der Waals surface area contributed by atoms with Gasteiger partial charge in [-0.05, 0) is 0 Å². The molecular weight excluding hydrogens is 808 g/mol. The quantitative estimate of drug-likeness (QED) is 0.0778. The summed E-state index contributed by atoms with van der Waals surface area (Å²) in [5, 5.41) is 0. The molecule has 4 rings (SSSR count). The van der Waals surface area contributed by atoms with Gasteiger partial charge in [0, 0.05) is 0 Å². The summed E-state index contributed by atoms with van der Waals surface area (Å²) >= 11 is -5.36. The predicted molar refractivity (Wildman–Crippen MR) is 244 cm³/mol. The Morgan fingerprint density at radius 2 is 0.984 bits per heavy atom. The van der Waals surface area contributed by atoms with Crippen molar-refractivity contribution in [2.24, 2.45) is 22.7 Å². The predicted octanol–water partition coefficient (Wildman–Crippen LogP) is 13.8. The average Bonchev–Trinajstić information content (AvgIpc) is 3.97. The number of anilines is 2. The molecule has 0 bridgehead atoms. The standard InChI is InChI=1S/2C21H32F2NO.2C5H5.Ti/c2*1-6-9-10-16(8-3)15-24(20(25)21(4,5)13-7-2)19-12-11-17(22)14-18(19)23;2*1-2-4-5-3-1;/h2*11-12,16H,6-10,13,15H2,1-5H3;2*1-3H,4H2;. The summed E-state index contributed by atoms with van der Waals surface area (Å²) in [4.78, 5) is 32.5. The molecule has 0 N–H and O–H groups in total. The zero-order valence-corrected chi connectivity index (χ0v) is 40.5. The summed E-state index contributed by atoms with van der Waals surface area (Å²) < 4.78 is 72.1. The molecule has 2 aromatic rings. The van der Waals surface area contributed by atoms with Crippen LogP contribution in [0.15, 0.2) is 68.5 Å². The van der Waals surface area contributed by atoms with Gasteiger partial charge in [0.2, 0.25) is 0 Å². The fourth-order valence-corrected chi connectivity index (χ4v) is 18.0. The fraction of sp³-hybridized carbons (Fsp3) is 0.577. The van der Waals surface area contributed by atoms with Crippen LogP contribution in [0.4, 0.5) is 28.9 Å². The van der Waals surface area contributed by atoms with Gasteiger partial charge in [-0.2, -0.15) is 0 Å². The van der Waals surface area contributed by atoms with Gasteiger partial charge in [-0.3, -0.25) is 0 Å². The molecule has 4 nitrogen and oxygen atoms in total. The molecule has 2 atom stereocenters. The van der Waals surface area contributed by atoms with E-state index in [9.17, 15) is 9.59 Å². The topological polar surface area (TPSA) is 40.6 Å². The summed E-state index contributed by atoms with van der Waals surface area (Å²) in [5.41, 5.74) is -1.83. The van der Waals surface area contributed by atoms with Crippen molar-refractivity contribution in [1.82, 2.24) is 0 Å². The molecule has 336 valence electrons. The minimum absolute atomic E-state index is 0.0559. The van der Waals surface area contributed by atoms with E-state index in [2.05, 4.69) is 27.7 Å². The summed E-state index contributed by atoms with van der Waals surface area (Å²) in [6.45, 7) is 20.3. The Morgan fingerprint density at radius 3 is 1.28 bits per heavy atom. The van der Waals surface area contributed by atoms with Crippen molar-refractivity contribution in [3.63, 3.8) is 0 Å². The summed E-state index contributed by atoms with van der Waals surface area (Å²) in [6, 6.07) is 5.08. The Balaban J connectivity index is 2.16. The molecule has 2 aliphatic carbocycles. The Kier molecular flexibility index (Phi) is 18.5. The minimum atomic E-state index is -5.36. The number of allylic oxidation sites excluding steroid dienone is 8. The zero-order valence-electron chi connectivity index (χ0n) is 39.0. The molecule has 61 heavy (non-hydrogen) atoms. The van der Waals surface area contributed by atoms with Gasteiger partial charge in [0.15, 0.2) is 0 Å². The SMILES string of the molecule is CCCCC(CC)CN(C(=O)C(C)(C)CCC)c1ccc(F)[c]([Ti]([C]2=CC=CC2)([C]2=CC=CC2)[c]2c(F)ccc(N(CC(CC)CCCC)C(=O)C(C)(C)CCC)c2F)c1F. The molecule has 2 amide bonds. The molecule has 0 heterocycles. The van der Waals surface area contributed by atoms with Gasteiger partial charge in [0.25, 0.3) is 0 Å². The van der Waals surface area contributed by atoms with Crippen LogP contribution >= 0.6 is 0 Å². The Morgan fingerprint density at radius 1 is 0.607 bits per heavy atom. The van der Waals surface area contributed by atoms with Crippen molar-refractivity contribution < 1.29 is 43.7 Å². The van der Waals surface area contributed by atoms with Crippen molar-refractivity contribution in [1.29, 1.82) is 0 Å². The second-order valence-corrected chi connectivity index (χ2v) is 24.8. The van der Waals surface area contributed by atoms with E-state index in [1.807, 2.05) is 53.7 Å². The van der Waals surface area contributed by atoms with E-state index < -0.39 is 50.7 Å². The normalized spacial score (nSPS) is 15.2. The third-order valence-corrected chi connectivity index (χ3v) is 21.3. The number of unbranched alkanes of at least 4 members (excludes halogenated alkanes) is 2. The molecule has 0 spiro atoms. The second-order valence-electron chi connectivity index (χ2n) is 18.8. The van der Waals surface area contributed by atoms with Crippen molar-refractivity contribution in [2.75, 3.05) is 22.9 Å². The first kappa shape index (κ1) is 50.4. The number of benzene rings is 2. The Labute approximate surface area is 369 Å². The number of carbonyl (C=O) groups excluding carboxylic acids is 2. The summed E-state index contributed by atoms with van der Waals surface area (Å²) in [6.07, 6.45) is 21.0. The molecule has 0 radical (unpaired) electrons. The molecule has 2 unspecified atom stereocenters. The second kappa shape index (κ2) is 22.4. The van der Waals surface area contributed by atoms with Crippen LogP contribution in [-0.4, -0.2) is 24.9 Å². The first-order valence-electron chi connectivity index (χ1n) is 23.3. The molecule has 2 aromatic carbocycles. The number of rotatable bonds is 24. The third-order valence-electron chi connectivity index (χ3n) is 13.3. The number of amides is 2. The number of hydrogen-bond donors (Lipinski definition) is 0. The summed E-state index contributed by atoms with van der Waals surface area (Å²) in [5.74, 6) is -4.10. The van der Waals surface area contributed by atoms with Crippen LogP contribution in [0.2, 0.25) is 0 Å². The van der Waals surface area contributed by atoms with Gasteiger partial charge in [0.1, 0.15) is 0 Å². The maximum atomic E-state index is 18.4. The van der Waals surface area contributed by atoms with Crippen LogP contribution in [0.1, 0.15) is 159 Å². The van der Waals surface area contributed by atoms with E-state index in [1.54, 1.807) is 24.3 Å². The molecule has 0 fully saturated rings. The van der Waals surface area contributed by atoms with E-state index in [4.69, 9.17) is 0 Å². The molecule has 2 aliphatic rings. The van der Waals surface area contributed by atoms with Gasteiger partial charge >= 0.3 is 371 Å². The van der Waals surface area contributed by atoms with E-state index in [0.717, 1.165) is 64.2 Å². The number of nitrogens with zero attached hydrogens (tertiary/aromatic N) is 2. The van der Waals surface area contributed by atoms with Crippen molar-refractivity contribution in [3.05, 3.63) is 91.7 Å². The van der Waals surface area contributed by atoms with Crippen LogP contribution in [0.5, 0.6) is 0 Å². The van der Waals surface area contributed by atoms with Crippen LogP contribution in [-0.2, 0) is 26.2 Å². The van der Waals surface area contributed by atoms with Crippen LogP contribution in [0, 0.1) is 45.9 Å².